The number of nitrogens with zero attached hydrogens (tertiary/aromatic N) is 1. The lowest BCUT2D eigenvalue weighted by molar-refractivity contribution is 0.0698. The van der Waals surface area contributed by atoms with Gasteiger partial charge in [0, 0.05) is 15.3 Å². The van der Waals surface area contributed by atoms with Crippen molar-refractivity contribution in [2.45, 2.75) is 0 Å². The number of carbonyl (C=O) groups excluding carboxylic acids is 1. The Hall–Kier alpha value is -1.96. The van der Waals surface area contributed by atoms with E-state index in [1.165, 1.54) is 18.5 Å². The summed E-state index contributed by atoms with van der Waals surface area (Å²) in [5, 5.41) is 11.6. The van der Waals surface area contributed by atoms with Gasteiger partial charge in [-0.25, -0.2) is 4.79 Å². The molecule has 0 bridgehead atoms. The Labute approximate surface area is 122 Å². The Bertz CT molecular complexity index is 643. The third-order valence-corrected chi connectivity index (χ3v) is 3.06. The van der Waals surface area contributed by atoms with Crippen LogP contribution in [0.25, 0.3) is 0 Å². The summed E-state index contributed by atoms with van der Waals surface area (Å²) in [5.74, 6) is -1.48. The Kier molecular flexibility index (Phi) is 4.10. The summed E-state index contributed by atoms with van der Waals surface area (Å²) in [6.07, 6.45) is 2.68. The fourth-order valence-electron chi connectivity index (χ4n) is 1.50. The maximum absolute atomic E-state index is 12.0. The van der Waals surface area contributed by atoms with Crippen molar-refractivity contribution in [2.24, 2.45) is 0 Å². The van der Waals surface area contributed by atoms with E-state index in [4.69, 9.17) is 5.11 Å². The van der Waals surface area contributed by atoms with Gasteiger partial charge >= 0.3 is 5.97 Å². The van der Waals surface area contributed by atoms with Crippen LogP contribution >= 0.6 is 22.6 Å². The quantitative estimate of drug-likeness (QED) is 0.817. The number of anilines is 1. The zero-order valence-corrected chi connectivity index (χ0v) is 11.8. The van der Waals surface area contributed by atoms with E-state index in [9.17, 15) is 9.59 Å². The number of hydrogen-bond donors (Lipinski definition) is 2. The first-order valence-corrected chi connectivity index (χ1v) is 6.40. The number of pyridine rings is 1. The number of carboxylic acid groups (broad SMARTS) is 1. The third-order valence-electron chi connectivity index (χ3n) is 2.39. The van der Waals surface area contributed by atoms with Gasteiger partial charge in [0.2, 0.25) is 0 Å². The number of amides is 1. The molecule has 19 heavy (non-hydrogen) atoms. The third kappa shape index (κ3) is 3.28. The standard InChI is InChI=1S/C13H9IN2O3/c14-9-3-1-2-8(6-9)12(17)16-11-7-15-5-4-10(11)13(18)19/h1-7H,(H,16,17)(H,18,19). The van der Waals surface area contributed by atoms with Gasteiger partial charge in [0.05, 0.1) is 17.4 Å². The molecular weight excluding hydrogens is 359 g/mol. The highest BCUT2D eigenvalue weighted by molar-refractivity contribution is 14.1. The topological polar surface area (TPSA) is 79.3 Å². The molecule has 1 aromatic carbocycles. The van der Waals surface area contributed by atoms with Crippen molar-refractivity contribution in [2.75, 3.05) is 5.32 Å². The summed E-state index contributed by atoms with van der Waals surface area (Å²) in [4.78, 5) is 26.8. The van der Waals surface area contributed by atoms with Gasteiger partial charge in [0.1, 0.15) is 0 Å². The minimum atomic E-state index is -1.11. The summed E-state index contributed by atoms with van der Waals surface area (Å²) in [6, 6.07) is 8.34. The van der Waals surface area contributed by atoms with Crippen molar-refractivity contribution in [1.82, 2.24) is 4.98 Å². The fourth-order valence-corrected chi connectivity index (χ4v) is 2.05. The van der Waals surface area contributed by atoms with Crippen LogP contribution in [0.3, 0.4) is 0 Å². The van der Waals surface area contributed by atoms with E-state index in [1.807, 2.05) is 6.07 Å². The van der Waals surface area contributed by atoms with E-state index in [1.54, 1.807) is 18.2 Å². The predicted octanol–water partition coefficient (Wildman–Crippen LogP) is 2.64. The smallest absolute Gasteiger partial charge is 0.337 e. The van der Waals surface area contributed by atoms with Crippen LogP contribution in [0.2, 0.25) is 0 Å². The molecule has 5 nitrogen and oxygen atoms in total. The van der Waals surface area contributed by atoms with Gasteiger partial charge in [-0.15, -0.1) is 0 Å². The highest BCUT2D eigenvalue weighted by Crippen LogP contribution is 2.15. The highest BCUT2D eigenvalue weighted by atomic mass is 127. The van der Waals surface area contributed by atoms with Crippen LogP contribution in [0.15, 0.2) is 42.7 Å². The summed E-state index contributed by atoms with van der Waals surface area (Å²) < 4.78 is 0.926. The highest BCUT2D eigenvalue weighted by Gasteiger charge is 2.13. The molecule has 0 radical (unpaired) electrons. The Morgan fingerprint density at radius 3 is 2.74 bits per heavy atom. The summed E-state index contributed by atoms with van der Waals surface area (Å²) in [6.45, 7) is 0. The minimum Gasteiger partial charge on any atom is -0.478 e. The van der Waals surface area contributed by atoms with E-state index < -0.39 is 5.97 Å². The van der Waals surface area contributed by atoms with E-state index in [2.05, 4.69) is 32.9 Å². The molecule has 0 aliphatic heterocycles. The predicted molar refractivity (Wildman–Crippen MR) is 78.3 cm³/mol. The molecule has 2 N–H and O–H groups in total. The maximum Gasteiger partial charge on any atom is 0.337 e. The van der Waals surface area contributed by atoms with Crippen LogP contribution in [-0.2, 0) is 0 Å². The zero-order chi connectivity index (χ0) is 13.8. The average Bonchev–Trinajstić information content (AvgIpc) is 2.39. The molecule has 0 atom stereocenters. The molecule has 0 aliphatic rings. The number of nitrogens with one attached hydrogen (secondary N) is 1. The fraction of sp³-hybridized carbons (Fsp3) is 0. The number of hydrogen-bond acceptors (Lipinski definition) is 3. The summed E-state index contributed by atoms with van der Waals surface area (Å²) >= 11 is 2.10. The molecule has 0 saturated carbocycles. The first-order chi connectivity index (χ1) is 9.08. The number of halogens is 1. The monoisotopic (exact) mass is 368 g/mol. The second kappa shape index (κ2) is 5.79. The van der Waals surface area contributed by atoms with Gasteiger partial charge in [-0.1, -0.05) is 6.07 Å². The van der Waals surface area contributed by atoms with Crippen molar-refractivity contribution in [3.63, 3.8) is 0 Å². The largest absolute Gasteiger partial charge is 0.478 e. The van der Waals surface area contributed by atoms with E-state index >= 15 is 0 Å². The molecule has 0 saturated heterocycles. The number of aromatic nitrogens is 1. The van der Waals surface area contributed by atoms with Gasteiger partial charge in [0.15, 0.2) is 0 Å². The van der Waals surface area contributed by atoms with Crippen LogP contribution in [0.5, 0.6) is 0 Å². The van der Waals surface area contributed by atoms with Crippen molar-refractivity contribution in [3.8, 4) is 0 Å². The molecule has 0 fully saturated rings. The second-order valence-corrected chi connectivity index (χ2v) is 4.94. The van der Waals surface area contributed by atoms with Crippen LogP contribution in [0.1, 0.15) is 20.7 Å². The first kappa shape index (κ1) is 13.5. The lowest BCUT2D eigenvalue weighted by Crippen LogP contribution is -2.15. The molecule has 1 heterocycles. The zero-order valence-electron chi connectivity index (χ0n) is 9.63. The normalized spacial score (nSPS) is 9.95. The molecule has 2 rings (SSSR count). The number of benzene rings is 1. The number of rotatable bonds is 3. The Morgan fingerprint density at radius 2 is 2.05 bits per heavy atom. The van der Waals surface area contributed by atoms with E-state index in [0.29, 0.717) is 5.56 Å². The molecule has 2 aromatic rings. The minimum absolute atomic E-state index is 0.00831. The Balaban J connectivity index is 2.27. The van der Waals surface area contributed by atoms with Gasteiger partial charge in [-0.05, 0) is 46.9 Å². The Morgan fingerprint density at radius 1 is 1.26 bits per heavy atom. The summed E-state index contributed by atoms with van der Waals surface area (Å²) in [7, 11) is 0. The number of carbonyl (C=O) groups is 2. The lowest BCUT2D eigenvalue weighted by Gasteiger charge is -2.07. The van der Waals surface area contributed by atoms with Crippen molar-refractivity contribution in [1.29, 1.82) is 0 Å². The van der Waals surface area contributed by atoms with Crippen LogP contribution in [-0.4, -0.2) is 22.0 Å². The van der Waals surface area contributed by atoms with Crippen LogP contribution in [0.4, 0.5) is 5.69 Å². The molecule has 0 unspecified atom stereocenters. The molecule has 0 aliphatic carbocycles. The van der Waals surface area contributed by atoms with Gasteiger partial charge < -0.3 is 10.4 Å². The van der Waals surface area contributed by atoms with Gasteiger partial charge in [-0.2, -0.15) is 0 Å². The average molecular weight is 368 g/mol. The van der Waals surface area contributed by atoms with Crippen molar-refractivity contribution < 1.29 is 14.7 Å². The molecular formula is C13H9IN2O3. The number of carboxylic acids is 1. The van der Waals surface area contributed by atoms with E-state index in [0.717, 1.165) is 3.57 Å². The van der Waals surface area contributed by atoms with Crippen molar-refractivity contribution in [3.05, 3.63) is 57.4 Å². The molecule has 1 amide bonds. The molecule has 96 valence electrons. The van der Waals surface area contributed by atoms with Crippen LogP contribution < -0.4 is 5.32 Å². The SMILES string of the molecule is O=C(Nc1cnccc1C(=O)O)c1cccc(I)c1. The van der Waals surface area contributed by atoms with Gasteiger partial charge in [-0.3, -0.25) is 9.78 Å². The van der Waals surface area contributed by atoms with Crippen molar-refractivity contribution >= 4 is 40.2 Å². The molecule has 6 heteroatoms. The lowest BCUT2D eigenvalue weighted by atomic mass is 10.2. The maximum atomic E-state index is 12.0. The summed E-state index contributed by atoms with van der Waals surface area (Å²) in [5.41, 5.74) is 0.653. The molecule has 1 aromatic heterocycles. The van der Waals surface area contributed by atoms with E-state index in [-0.39, 0.29) is 17.2 Å². The molecule has 0 spiro atoms. The first-order valence-electron chi connectivity index (χ1n) is 5.32. The second-order valence-electron chi connectivity index (χ2n) is 3.69. The van der Waals surface area contributed by atoms with Crippen LogP contribution in [0, 0.1) is 3.57 Å². The van der Waals surface area contributed by atoms with Gasteiger partial charge in [0.25, 0.3) is 5.91 Å². The number of aromatic carboxylic acids is 1.